The van der Waals surface area contributed by atoms with Crippen LogP contribution in [0, 0.1) is 6.92 Å². The maximum absolute atomic E-state index is 8.92. The van der Waals surface area contributed by atoms with Gasteiger partial charge in [0.05, 0.1) is 12.4 Å². The molecule has 0 aromatic rings. The molecule has 1 N–H and O–H groups in total. The molecule has 0 saturated heterocycles. The Morgan fingerprint density at radius 1 is 0.783 bits per heavy atom. The Hall–Kier alpha value is -0.500. The first-order valence-electron chi connectivity index (χ1n) is 10.0. The molecule has 0 aromatic heterocycles. The van der Waals surface area contributed by atoms with Gasteiger partial charge in [0.15, 0.2) is 0 Å². The van der Waals surface area contributed by atoms with E-state index in [9.17, 15) is 0 Å². The van der Waals surface area contributed by atoms with Gasteiger partial charge in [0.25, 0.3) is 0 Å². The van der Waals surface area contributed by atoms with E-state index in [1.807, 2.05) is 6.08 Å². The quantitative estimate of drug-likeness (QED) is 0.228. The molecule has 0 aliphatic carbocycles. The Kier molecular flexibility index (Phi) is 19.1. The summed E-state index contributed by atoms with van der Waals surface area (Å²) in [6.45, 7) is 6.02. The molecular formula is C21H41O2. The first-order chi connectivity index (χ1) is 11.3. The molecule has 0 fully saturated rings. The minimum absolute atomic E-state index is 0.287. The maximum atomic E-state index is 8.92. The molecule has 0 rings (SSSR count). The molecule has 1 atom stereocenters. The van der Waals surface area contributed by atoms with Gasteiger partial charge in [-0.3, -0.25) is 0 Å². The zero-order chi connectivity index (χ0) is 17.0. The summed E-state index contributed by atoms with van der Waals surface area (Å²) in [4.78, 5) is 0. The molecule has 2 heteroatoms. The topological polar surface area (TPSA) is 29.5 Å². The van der Waals surface area contributed by atoms with Crippen molar-refractivity contribution < 1.29 is 9.84 Å². The number of ether oxygens (including phenoxy) is 1. The molecule has 0 aliphatic rings. The monoisotopic (exact) mass is 325 g/mol. The second-order valence-corrected chi connectivity index (χ2v) is 6.74. The Morgan fingerprint density at radius 2 is 1.22 bits per heavy atom. The third-order valence-electron chi connectivity index (χ3n) is 4.21. The van der Waals surface area contributed by atoms with Crippen LogP contribution in [0.1, 0.15) is 103 Å². The van der Waals surface area contributed by atoms with E-state index < -0.39 is 6.10 Å². The summed E-state index contributed by atoms with van der Waals surface area (Å²) in [6, 6.07) is 0. The van der Waals surface area contributed by atoms with E-state index in [1.54, 1.807) is 6.26 Å². The first-order valence-corrected chi connectivity index (χ1v) is 10.0. The Morgan fingerprint density at radius 3 is 1.65 bits per heavy atom. The number of hydrogen-bond acceptors (Lipinski definition) is 2. The van der Waals surface area contributed by atoms with Gasteiger partial charge >= 0.3 is 0 Å². The minimum Gasteiger partial charge on any atom is -0.499 e. The molecule has 0 aromatic carbocycles. The lowest BCUT2D eigenvalue weighted by molar-refractivity contribution is 0.115. The molecule has 0 bridgehead atoms. The molecule has 2 nitrogen and oxygen atoms in total. The van der Waals surface area contributed by atoms with Crippen LogP contribution in [0.3, 0.4) is 0 Å². The van der Waals surface area contributed by atoms with Gasteiger partial charge < -0.3 is 9.84 Å². The lowest BCUT2D eigenvalue weighted by atomic mass is 10.0. The van der Waals surface area contributed by atoms with Crippen LogP contribution in [0.15, 0.2) is 12.3 Å². The van der Waals surface area contributed by atoms with Crippen molar-refractivity contribution in [2.75, 3.05) is 6.61 Å². The number of aliphatic hydroxyl groups excluding tert-OH is 1. The van der Waals surface area contributed by atoms with Gasteiger partial charge in [-0.25, -0.2) is 0 Å². The molecular weight excluding hydrogens is 284 g/mol. The molecule has 0 amide bonds. The van der Waals surface area contributed by atoms with Gasteiger partial charge in [0, 0.05) is 0 Å². The highest BCUT2D eigenvalue weighted by Crippen LogP contribution is 2.13. The summed E-state index contributed by atoms with van der Waals surface area (Å²) in [5, 5.41) is 8.92. The number of unbranched alkanes of at least 4 members (excludes halogenated alkanes) is 14. The SMILES string of the molecule is [CH2]C(O)CO/C=C/CCCCCCCCCCCCCCCC. The van der Waals surface area contributed by atoms with Crippen LogP contribution in [-0.4, -0.2) is 17.8 Å². The number of aliphatic hydroxyl groups is 1. The zero-order valence-corrected chi connectivity index (χ0v) is 15.6. The van der Waals surface area contributed by atoms with E-state index in [4.69, 9.17) is 9.84 Å². The average Bonchev–Trinajstić information content (AvgIpc) is 2.53. The van der Waals surface area contributed by atoms with E-state index in [1.165, 1.54) is 89.9 Å². The van der Waals surface area contributed by atoms with Gasteiger partial charge in [0.1, 0.15) is 6.61 Å². The van der Waals surface area contributed by atoms with E-state index >= 15 is 0 Å². The van der Waals surface area contributed by atoms with Crippen molar-refractivity contribution in [2.45, 2.75) is 109 Å². The summed E-state index contributed by atoms with van der Waals surface area (Å²) >= 11 is 0. The second kappa shape index (κ2) is 19.5. The Balaban J connectivity index is 3.02. The molecule has 0 saturated carbocycles. The number of rotatable bonds is 18. The number of hydrogen-bond donors (Lipinski definition) is 1. The lowest BCUT2D eigenvalue weighted by Crippen LogP contribution is -2.07. The fourth-order valence-electron chi connectivity index (χ4n) is 2.76. The van der Waals surface area contributed by atoms with Gasteiger partial charge in [0.2, 0.25) is 0 Å². The van der Waals surface area contributed by atoms with Crippen molar-refractivity contribution in [3.8, 4) is 0 Å². The van der Waals surface area contributed by atoms with Crippen molar-refractivity contribution in [3.63, 3.8) is 0 Å². The van der Waals surface area contributed by atoms with E-state index in [0.29, 0.717) is 0 Å². The van der Waals surface area contributed by atoms with Crippen molar-refractivity contribution in [2.24, 2.45) is 0 Å². The highest BCUT2D eigenvalue weighted by atomic mass is 16.5. The molecule has 1 radical (unpaired) electrons. The van der Waals surface area contributed by atoms with Crippen molar-refractivity contribution >= 4 is 0 Å². The van der Waals surface area contributed by atoms with Crippen LogP contribution >= 0.6 is 0 Å². The molecule has 23 heavy (non-hydrogen) atoms. The van der Waals surface area contributed by atoms with E-state index in [-0.39, 0.29) is 6.61 Å². The summed E-state index contributed by atoms with van der Waals surface area (Å²) in [7, 11) is 0. The third kappa shape index (κ3) is 21.5. The average molecular weight is 326 g/mol. The Bertz CT molecular complexity index is 236. The largest absolute Gasteiger partial charge is 0.499 e. The lowest BCUT2D eigenvalue weighted by Gasteiger charge is -2.03. The van der Waals surface area contributed by atoms with Crippen molar-refractivity contribution in [1.82, 2.24) is 0 Å². The predicted octanol–water partition coefficient (Wildman–Crippen LogP) is 6.58. The summed E-state index contributed by atoms with van der Waals surface area (Å²) < 4.78 is 5.12. The van der Waals surface area contributed by atoms with Gasteiger partial charge in [-0.15, -0.1) is 0 Å². The van der Waals surface area contributed by atoms with Crippen LogP contribution in [0.5, 0.6) is 0 Å². The van der Waals surface area contributed by atoms with Crippen LogP contribution in [0.4, 0.5) is 0 Å². The fraction of sp³-hybridized carbons (Fsp3) is 0.857. The highest BCUT2D eigenvalue weighted by molar-refractivity contribution is 4.74. The summed E-state index contributed by atoms with van der Waals surface area (Å²) in [5.74, 6) is 0. The number of allylic oxidation sites excluding steroid dienone is 1. The second-order valence-electron chi connectivity index (χ2n) is 6.74. The van der Waals surface area contributed by atoms with Crippen LogP contribution < -0.4 is 0 Å². The molecule has 1 unspecified atom stereocenters. The van der Waals surface area contributed by atoms with Crippen LogP contribution in [0.25, 0.3) is 0 Å². The summed E-state index contributed by atoms with van der Waals surface area (Å²) in [5.41, 5.74) is 0. The first kappa shape index (κ1) is 22.5. The van der Waals surface area contributed by atoms with Crippen LogP contribution in [-0.2, 0) is 4.74 Å². The van der Waals surface area contributed by atoms with Crippen LogP contribution in [0.2, 0.25) is 0 Å². The van der Waals surface area contributed by atoms with E-state index in [0.717, 1.165) is 6.42 Å². The van der Waals surface area contributed by atoms with E-state index in [2.05, 4.69) is 13.8 Å². The maximum Gasteiger partial charge on any atom is 0.113 e. The van der Waals surface area contributed by atoms with Crippen molar-refractivity contribution in [3.05, 3.63) is 19.3 Å². The Labute approximate surface area is 145 Å². The highest BCUT2D eigenvalue weighted by Gasteiger charge is 1.94. The standard InChI is InChI=1S/C21H41O2/c1-3-4-5-6-7-8-9-10-11-12-13-14-15-16-17-18-19-23-20-21(2)22/h18-19,21-22H,2-17,20H2,1H3/b19-18+. The molecule has 0 aliphatic heterocycles. The third-order valence-corrected chi connectivity index (χ3v) is 4.21. The van der Waals surface area contributed by atoms with Gasteiger partial charge in [-0.05, 0) is 25.8 Å². The normalized spacial score (nSPS) is 12.8. The van der Waals surface area contributed by atoms with Gasteiger partial charge in [-0.2, -0.15) is 0 Å². The molecule has 0 heterocycles. The summed E-state index contributed by atoms with van der Waals surface area (Å²) in [6.07, 6.45) is 23.8. The zero-order valence-electron chi connectivity index (χ0n) is 15.6. The predicted molar refractivity (Wildman–Crippen MR) is 101 cm³/mol. The smallest absolute Gasteiger partial charge is 0.113 e. The fourth-order valence-corrected chi connectivity index (χ4v) is 2.76. The molecule has 0 spiro atoms. The molecule has 137 valence electrons. The van der Waals surface area contributed by atoms with Gasteiger partial charge in [-0.1, -0.05) is 90.4 Å². The van der Waals surface area contributed by atoms with Crippen molar-refractivity contribution in [1.29, 1.82) is 0 Å². The minimum atomic E-state index is -0.624.